The van der Waals surface area contributed by atoms with Crippen LogP contribution in [0.25, 0.3) is 0 Å². The van der Waals surface area contributed by atoms with Gasteiger partial charge in [0.2, 0.25) is 5.91 Å². The molecule has 0 radical (unpaired) electrons. The molecule has 0 N–H and O–H groups in total. The predicted octanol–water partition coefficient (Wildman–Crippen LogP) is 1.40. The van der Waals surface area contributed by atoms with Gasteiger partial charge in [-0.15, -0.1) is 10.2 Å². The summed E-state index contributed by atoms with van der Waals surface area (Å²) in [5, 5.41) is 8.78. The molecular formula is C18H29N5O2. The smallest absolute Gasteiger partial charge is 0.223 e. The molecule has 0 unspecified atom stereocenters. The number of morpholine rings is 1. The van der Waals surface area contributed by atoms with Crippen molar-refractivity contribution in [3.8, 4) is 0 Å². The van der Waals surface area contributed by atoms with Gasteiger partial charge in [-0.2, -0.15) is 0 Å². The normalized spacial score (nSPS) is 19.2. The molecule has 2 saturated heterocycles. The average molecular weight is 347 g/mol. The molecule has 1 aromatic rings. The van der Waals surface area contributed by atoms with Crippen molar-refractivity contribution in [2.24, 2.45) is 5.41 Å². The van der Waals surface area contributed by atoms with Gasteiger partial charge in [0.05, 0.1) is 13.2 Å². The Morgan fingerprint density at radius 3 is 1.96 bits per heavy atom. The summed E-state index contributed by atoms with van der Waals surface area (Å²) in [4.78, 5) is 18.7. The first-order valence-corrected chi connectivity index (χ1v) is 9.11. The van der Waals surface area contributed by atoms with Gasteiger partial charge in [0.1, 0.15) is 0 Å². The third-order valence-corrected chi connectivity index (χ3v) is 4.61. The monoisotopic (exact) mass is 347 g/mol. The van der Waals surface area contributed by atoms with E-state index in [-0.39, 0.29) is 11.3 Å². The van der Waals surface area contributed by atoms with Crippen LogP contribution in [-0.4, -0.2) is 73.5 Å². The first-order chi connectivity index (χ1) is 11.9. The number of carbonyl (C=O) groups is 1. The van der Waals surface area contributed by atoms with Crippen molar-refractivity contribution in [1.82, 2.24) is 15.1 Å². The summed E-state index contributed by atoms with van der Waals surface area (Å²) >= 11 is 0. The lowest BCUT2D eigenvalue weighted by molar-refractivity contribution is -0.133. The summed E-state index contributed by atoms with van der Waals surface area (Å²) in [6, 6.07) is 4.06. The van der Waals surface area contributed by atoms with Crippen LogP contribution < -0.4 is 9.80 Å². The number of amides is 1. The van der Waals surface area contributed by atoms with Gasteiger partial charge in [0, 0.05) is 45.7 Å². The maximum atomic E-state index is 12.3. The van der Waals surface area contributed by atoms with Gasteiger partial charge in [-0.05, 0) is 17.5 Å². The molecular weight excluding hydrogens is 318 g/mol. The Balaban J connectivity index is 1.53. The van der Waals surface area contributed by atoms with Gasteiger partial charge in [0.15, 0.2) is 11.6 Å². The van der Waals surface area contributed by atoms with Crippen LogP contribution in [0.1, 0.15) is 27.2 Å². The molecule has 2 aliphatic heterocycles. The van der Waals surface area contributed by atoms with Crippen LogP contribution in [0.4, 0.5) is 11.6 Å². The fourth-order valence-electron chi connectivity index (χ4n) is 3.20. The zero-order valence-corrected chi connectivity index (χ0v) is 15.6. The summed E-state index contributed by atoms with van der Waals surface area (Å²) in [5.74, 6) is 2.05. The molecule has 1 aromatic heterocycles. The van der Waals surface area contributed by atoms with Crippen LogP contribution in [-0.2, 0) is 9.53 Å². The Labute approximate surface area is 149 Å². The number of nitrogens with zero attached hydrogens (tertiary/aromatic N) is 5. The number of hydrogen-bond acceptors (Lipinski definition) is 6. The highest BCUT2D eigenvalue weighted by atomic mass is 16.5. The van der Waals surface area contributed by atoms with Crippen molar-refractivity contribution in [2.75, 3.05) is 62.3 Å². The molecule has 7 nitrogen and oxygen atoms in total. The first-order valence-electron chi connectivity index (χ1n) is 9.11. The van der Waals surface area contributed by atoms with Crippen molar-refractivity contribution in [3.05, 3.63) is 12.1 Å². The Hall–Kier alpha value is -1.89. The highest BCUT2D eigenvalue weighted by Crippen LogP contribution is 2.21. The second kappa shape index (κ2) is 7.56. The summed E-state index contributed by atoms with van der Waals surface area (Å²) in [7, 11) is 0. The quantitative estimate of drug-likeness (QED) is 0.824. The molecule has 3 rings (SSSR count). The van der Waals surface area contributed by atoms with E-state index in [0.29, 0.717) is 6.42 Å². The number of carbonyl (C=O) groups excluding carboxylic acids is 1. The van der Waals surface area contributed by atoms with E-state index >= 15 is 0 Å². The molecule has 3 heterocycles. The third-order valence-electron chi connectivity index (χ3n) is 4.61. The van der Waals surface area contributed by atoms with E-state index in [9.17, 15) is 4.79 Å². The van der Waals surface area contributed by atoms with Crippen LogP contribution in [0, 0.1) is 5.41 Å². The minimum absolute atomic E-state index is 0.0367. The number of ether oxygens (including phenoxy) is 1. The molecule has 0 bridgehead atoms. The van der Waals surface area contributed by atoms with E-state index in [0.717, 1.165) is 64.1 Å². The Morgan fingerprint density at radius 2 is 1.48 bits per heavy atom. The topological polar surface area (TPSA) is 61.8 Å². The van der Waals surface area contributed by atoms with Crippen molar-refractivity contribution < 1.29 is 9.53 Å². The Kier molecular flexibility index (Phi) is 5.42. The molecule has 0 spiro atoms. The van der Waals surface area contributed by atoms with E-state index in [1.807, 2.05) is 17.0 Å². The molecule has 2 fully saturated rings. The van der Waals surface area contributed by atoms with Crippen LogP contribution in [0.5, 0.6) is 0 Å². The number of hydrogen-bond donors (Lipinski definition) is 0. The minimum atomic E-state index is 0.0367. The SMILES string of the molecule is CC(C)(C)CC(=O)N1CCN(c2ccc(N3CCOCC3)nn2)CC1. The molecule has 25 heavy (non-hydrogen) atoms. The lowest BCUT2D eigenvalue weighted by atomic mass is 9.91. The van der Waals surface area contributed by atoms with Crippen molar-refractivity contribution in [1.29, 1.82) is 0 Å². The van der Waals surface area contributed by atoms with Crippen LogP contribution in [0.2, 0.25) is 0 Å². The zero-order valence-electron chi connectivity index (χ0n) is 15.6. The average Bonchev–Trinajstić information content (AvgIpc) is 2.61. The molecule has 138 valence electrons. The summed E-state index contributed by atoms with van der Waals surface area (Å²) in [6.45, 7) is 12.6. The molecule has 0 aliphatic carbocycles. The summed E-state index contributed by atoms with van der Waals surface area (Å²) in [5.41, 5.74) is 0.0367. The lowest BCUT2D eigenvalue weighted by Gasteiger charge is -2.36. The van der Waals surface area contributed by atoms with Crippen molar-refractivity contribution in [2.45, 2.75) is 27.2 Å². The van der Waals surface area contributed by atoms with E-state index < -0.39 is 0 Å². The highest BCUT2D eigenvalue weighted by Gasteiger charge is 2.25. The van der Waals surface area contributed by atoms with Gasteiger partial charge in [-0.3, -0.25) is 4.79 Å². The second-order valence-corrected chi connectivity index (χ2v) is 7.95. The molecule has 7 heteroatoms. The molecule has 0 atom stereocenters. The molecule has 0 aromatic carbocycles. The number of anilines is 2. The second-order valence-electron chi connectivity index (χ2n) is 7.95. The standard InChI is InChI=1S/C18H29N5O2/c1-18(2,3)14-17(24)23-8-6-21(7-9-23)15-4-5-16(20-19-15)22-10-12-25-13-11-22/h4-5H,6-14H2,1-3H3. The van der Waals surface area contributed by atoms with E-state index in [1.54, 1.807) is 0 Å². The number of rotatable bonds is 3. The predicted molar refractivity (Wildman–Crippen MR) is 97.9 cm³/mol. The fourth-order valence-corrected chi connectivity index (χ4v) is 3.20. The maximum absolute atomic E-state index is 12.3. The van der Waals surface area contributed by atoms with Gasteiger partial charge >= 0.3 is 0 Å². The molecule has 1 amide bonds. The summed E-state index contributed by atoms with van der Waals surface area (Å²) in [6.07, 6.45) is 0.598. The van der Waals surface area contributed by atoms with Gasteiger partial charge in [0.25, 0.3) is 0 Å². The zero-order chi connectivity index (χ0) is 17.9. The largest absolute Gasteiger partial charge is 0.378 e. The van der Waals surface area contributed by atoms with Crippen molar-refractivity contribution >= 4 is 17.5 Å². The van der Waals surface area contributed by atoms with E-state index in [4.69, 9.17) is 4.74 Å². The number of piperazine rings is 1. The van der Waals surface area contributed by atoms with Crippen molar-refractivity contribution in [3.63, 3.8) is 0 Å². The van der Waals surface area contributed by atoms with Crippen LogP contribution >= 0.6 is 0 Å². The van der Waals surface area contributed by atoms with Gasteiger partial charge in [-0.1, -0.05) is 20.8 Å². The van der Waals surface area contributed by atoms with E-state index in [2.05, 4.69) is 40.8 Å². The van der Waals surface area contributed by atoms with Crippen LogP contribution in [0.3, 0.4) is 0 Å². The third kappa shape index (κ3) is 4.81. The fraction of sp³-hybridized carbons (Fsp3) is 0.722. The Morgan fingerprint density at radius 1 is 0.960 bits per heavy atom. The Bertz CT molecular complexity index is 570. The van der Waals surface area contributed by atoms with Crippen LogP contribution in [0.15, 0.2) is 12.1 Å². The van der Waals surface area contributed by atoms with Gasteiger partial charge in [-0.25, -0.2) is 0 Å². The first kappa shape index (κ1) is 17.9. The minimum Gasteiger partial charge on any atom is -0.378 e. The molecule has 2 aliphatic rings. The van der Waals surface area contributed by atoms with Gasteiger partial charge < -0.3 is 19.4 Å². The highest BCUT2D eigenvalue weighted by molar-refractivity contribution is 5.77. The molecule has 0 saturated carbocycles. The summed E-state index contributed by atoms with van der Waals surface area (Å²) < 4.78 is 5.37. The lowest BCUT2D eigenvalue weighted by Crippen LogP contribution is -2.49. The van der Waals surface area contributed by atoms with E-state index in [1.165, 1.54) is 0 Å². The number of aromatic nitrogens is 2. The maximum Gasteiger partial charge on any atom is 0.223 e.